The fourth-order valence-electron chi connectivity index (χ4n) is 2.93. The molecule has 2 aromatic rings. The van der Waals surface area contributed by atoms with Crippen molar-refractivity contribution in [2.24, 2.45) is 0 Å². The summed E-state index contributed by atoms with van der Waals surface area (Å²) in [5.41, 5.74) is 1.48. The summed E-state index contributed by atoms with van der Waals surface area (Å²) in [6.45, 7) is 0.202. The Morgan fingerprint density at radius 3 is 2.48 bits per heavy atom. The van der Waals surface area contributed by atoms with Gasteiger partial charge in [0.25, 0.3) is 5.91 Å². The summed E-state index contributed by atoms with van der Waals surface area (Å²) in [5.74, 6) is -0.172. The minimum atomic E-state index is -1.20. The maximum Gasteiger partial charge on any atom is 0.253 e. The van der Waals surface area contributed by atoms with Crippen LogP contribution in [0.25, 0.3) is 11.1 Å². The number of carbonyl (C=O) groups is 1. The van der Waals surface area contributed by atoms with E-state index >= 15 is 0 Å². The van der Waals surface area contributed by atoms with Gasteiger partial charge >= 0.3 is 0 Å². The predicted octanol–water partition coefficient (Wildman–Crippen LogP) is 2.45. The Hall–Kier alpha value is -2.39. The van der Waals surface area contributed by atoms with Crippen LogP contribution in [-0.2, 0) is 0 Å². The summed E-state index contributed by atoms with van der Waals surface area (Å²) < 4.78 is 0. The summed E-state index contributed by atoms with van der Waals surface area (Å²) >= 11 is 6.06. The Balaban J connectivity index is 1.78. The second-order valence-corrected chi connectivity index (χ2v) is 6.65. The van der Waals surface area contributed by atoms with Crippen LogP contribution in [0.1, 0.15) is 22.3 Å². The van der Waals surface area contributed by atoms with Gasteiger partial charge in [-0.3, -0.25) is 4.79 Å². The van der Waals surface area contributed by atoms with Gasteiger partial charge in [-0.25, -0.2) is 0 Å². The van der Waals surface area contributed by atoms with E-state index in [2.05, 4.69) is 0 Å². The molecule has 128 valence electrons. The molecule has 25 heavy (non-hydrogen) atoms. The van der Waals surface area contributed by atoms with Crippen molar-refractivity contribution in [3.05, 3.63) is 58.6 Å². The number of hydrogen-bond acceptors (Lipinski definition) is 4. The lowest BCUT2D eigenvalue weighted by atomic mass is 10.0. The molecule has 0 saturated carbocycles. The Morgan fingerprint density at radius 2 is 1.92 bits per heavy atom. The molecule has 1 aliphatic heterocycles. The first-order chi connectivity index (χ1) is 12.0. The van der Waals surface area contributed by atoms with E-state index in [1.807, 2.05) is 24.3 Å². The number of halogens is 1. The highest BCUT2D eigenvalue weighted by molar-refractivity contribution is 6.32. The third-order valence-electron chi connectivity index (χ3n) is 4.47. The predicted molar refractivity (Wildman–Crippen MR) is 94.2 cm³/mol. The van der Waals surface area contributed by atoms with E-state index in [1.165, 1.54) is 0 Å². The quantitative estimate of drug-likeness (QED) is 0.884. The van der Waals surface area contributed by atoms with Crippen molar-refractivity contribution in [2.45, 2.75) is 12.0 Å². The summed E-state index contributed by atoms with van der Waals surface area (Å²) in [6, 6.07) is 14.3. The van der Waals surface area contributed by atoms with Crippen molar-refractivity contribution in [1.82, 2.24) is 4.90 Å². The van der Waals surface area contributed by atoms with E-state index in [9.17, 15) is 15.0 Å². The zero-order chi connectivity index (χ0) is 18.0. The summed E-state index contributed by atoms with van der Waals surface area (Å²) in [5, 5.41) is 28.6. The third kappa shape index (κ3) is 3.52. The van der Waals surface area contributed by atoms with Crippen LogP contribution in [0, 0.1) is 11.3 Å². The molecule has 3 rings (SSSR count). The maximum atomic E-state index is 12.5. The molecule has 0 aliphatic carbocycles. The minimum absolute atomic E-state index is 0.134. The average Bonchev–Trinajstić information content (AvgIpc) is 3.04. The van der Waals surface area contributed by atoms with Gasteiger partial charge in [-0.2, -0.15) is 5.26 Å². The highest BCUT2D eigenvalue weighted by Gasteiger charge is 2.37. The Bertz CT molecular complexity index is 845. The van der Waals surface area contributed by atoms with Crippen LogP contribution in [0.4, 0.5) is 0 Å². The van der Waals surface area contributed by atoms with Crippen LogP contribution in [0.5, 0.6) is 0 Å². The molecule has 2 N–H and O–H groups in total. The summed E-state index contributed by atoms with van der Waals surface area (Å²) in [7, 11) is 0. The standard InChI is InChI=1S/C19H17ClN2O3/c20-17-9-15(5-6-16(17)10-21)13-1-3-14(4-2-13)18(24)22-8-7-19(25,11-22)12-23/h1-6,9,23,25H,7-8,11-12H2/t19-/m1/s1. The molecule has 5 nitrogen and oxygen atoms in total. The topological polar surface area (TPSA) is 84.6 Å². The molecule has 0 radical (unpaired) electrons. The number of likely N-dealkylation sites (tertiary alicyclic amines) is 1. The lowest BCUT2D eigenvalue weighted by molar-refractivity contribution is -0.00455. The van der Waals surface area contributed by atoms with Crippen molar-refractivity contribution in [3.63, 3.8) is 0 Å². The van der Waals surface area contributed by atoms with Gasteiger partial charge in [0.2, 0.25) is 0 Å². The SMILES string of the molecule is N#Cc1ccc(-c2ccc(C(=O)N3CC[C@](O)(CO)C3)cc2)cc1Cl. The first kappa shape index (κ1) is 17.4. The number of carbonyl (C=O) groups excluding carboxylic acids is 1. The normalized spacial score (nSPS) is 19.7. The monoisotopic (exact) mass is 356 g/mol. The van der Waals surface area contributed by atoms with Gasteiger partial charge in [0.1, 0.15) is 11.7 Å². The van der Waals surface area contributed by atoms with Crippen molar-refractivity contribution < 1.29 is 15.0 Å². The van der Waals surface area contributed by atoms with E-state index < -0.39 is 5.60 Å². The highest BCUT2D eigenvalue weighted by Crippen LogP contribution is 2.27. The van der Waals surface area contributed by atoms with E-state index in [-0.39, 0.29) is 19.1 Å². The largest absolute Gasteiger partial charge is 0.393 e. The molecule has 0 spiro atoms. The number of hydrogen-bond donors (Lipinski definition) is 2. The number of β-amino-alcohol motifs (C(OH)–C–C–N with tert-alkyl or cyclic N) is 1. The second-order valence-electron chi connectivity index (χ2n) is 6.24. The summed E-state index contributed by atoms with van der Waals surface area (Å²) in [6.07, 6.45) is 0.372. The number of rotatable bonds is 3. The van der Waals surface area contributed by atoms with Crippen LogP contribution < -0.4 is 0 Å². The Kier molecular flexibility index (Phi) is 4.78. The molecule has 1 heterocycles. The lowest BCUT2D eigenvalue weighted by Gasteiger charge is -2.21. The fourth-order valence-corrected chi connectivity index (χ4v) is 3.15. The molecule has 6 heteroatoms. The minimum Gasteiger partial charge on any atom is -0.393 e. The molecule has 1 atom stereocenters. The first-order valence-electron chi connectivity index (χ1n) is 7.88. The Morgan fingerprint density at radius 1 is 1.24 bits per heavy atom. The molecule has 1 amide bonds. The molecule has 0 aromatic heterocycles. The van der Waals surface area contributed by atoms with Crippen LogP contribution in [0.15, 0.2) is 42.5 Å². The molecule has 1 aliphatic rings. The average molecular weight is 357 g/mol. The van der Waals surface area contributed by atoms with Gasteiger partial charge in [-0.1, -0.05) is 29.8 Å². The van der Waals surface area contributed by atoms with Crippen molar-refractivity contribution in [1.29, 1.82) is 5.26 Å². The highest BCUT2D eigenvalue weighted by atomic mass is 35.5. The molecule has 1 fully saturated rings. The van der Waals surface area contributed by atoms with E-state index in [0.29, 0.717) is 29.1 Å². The number of nitriles is 1. The lowest BCUT2D eigenvalue weighted by Crippen LogP contribution is -2.38. The van der Waals surface area contributed by atoms with E-state index in [4.69, 9.17) is 16.9 Å². The fraction of sp³-hybridized carbons (Fsp3) is 0.263. The van der Waals surface area contributed by atoms with Crippen molar-refractivity contribution in [2.75, 3.05) is 19.7 Å². The number of aliphatic hydroxyl groups is 2. The van der Waals surface area contributed by atoms with Gasteiger partial charge < -0.3 is 15.1 Å². The smallest absolute Gasteiger partial charge is 0.253 e. The number of nitrogens with zero attached hydrogens (tertiary/aromatic N) is 2. The molecule has 0 bridgehead atoms. The third-order valence-corrected chi connectivity index (χ3v) is 4.78. The van der Waals surface area contributed by atoms with Crippen LogP contribution in [0.3, 0.4) is 0 Å². The zero-order valence-electron chi connectivity index (χ0n) is 13.4. The Labute approximate surface area is 150 Å². The van der Waals surface area contributed by atoms with Crippen LogP contribution in [-0.4, -0.2) is 46.3 Å². The van der Waals surface area contributed by atoms with Crippen LogP contribution >= 0.6 is 11.6 Å². The number of aliphatic hydroxyl groups excluding tert-OH is 1. The van der Waals surface area contributed by atoms with Gasteiger partial charge in [-0.15, -0.1) is 0 Å². The number of benzene rings is 2. The summed E-state index contributed by atoms with van der Waals surface area (Å²) in [4.78, 5) is 14.1. The van der Waals surface area contributed by atoms with E-state index in [1.54, 1.807) is 29.2 Å². The van der Waals surface area contributed by atoms with Gasteiger partial charge in [0.05, 0.1) is 23.7 Å². The van der Waals surface area contributed by atoms with E-state index in [0.717, 1.165) is 11.1 Å². The first-order valence-corrected chi connectivity index (χ1v) is 8.26. The van der Waals surface area contributed by atoms with Crippen LogP contribution in [0.2, 0.25) is 5.02 Å². The number of amides is 1. The van der Waals surface area contributed by atoms with Gasteiger partial charge in [-0.05, 0) is 41.8 Å². The molecule has 1 saturated heterocycles. The zero-order valence-corrected chi connectivity index (χ0v) is 14.2. The van der Waals surface area contributed by atoms with Crippen molar-refractivity contribution >= 4 is 17.5 Å². The molecule has 0 unspecified atom stereocenters. The second kappa shape index (κ2) is 6.85. The molecule has 2 aromatic carbocycles. The van der Waals surface area contributed by atoms with Gasteiger partial charge in [0.15, 0.2) is 0 Å². The van der Waals surface area contributed by atoms with Gasteiger partial charge in [0, 0.05) is 12.1 Å². The molecular formula is C19H17ClN2O3. The maximum absolute atomic E-state index is 12.5. The van der Waals surface area contributed by atoms with Crippen molar-refractivity contribution in [3.8, 4) is 17.2 Å². The molecular weight excluding hydrogens is 340 g/mol.